The molecule has 74 valence electrons. The number of hydrogen-bond acceptors (Lipinski definition) is 3. The average molecular weight is 191 g/mol. The summed E-state index contributed by atoms with van der Waals surface area (Å²) >= 11 is 0. The van der Waals surface area contributed by atoms with Gasteiger partial charge >= 0.3 is 0 Å². The van der Waals surface area contributed by atoms with E-state index in [4.69, 9.17) is 5.11 Å². The third-order valence-corrected chi connectivity index (χ3v) is 1.94. The first kappa shape index (κ1) is 9.02. The number of aliphatic hydroxyl groups excluding tert-OH is 1. The third kappa shape index (κ3) is 1.85. The molecule has 14 heavy (non-hydrogen) atoms. The average Bonchev–Trinajstić information content (AvgIpc) is 2.57. The van der Waals surface area contributed by atoms with Crippen LogP contribution in [-0.2, 0) is 0 Å². The SMILES string of the molecule is CC(O)CNc1cn2ccccc2n1. The fourth-order valence-corrected chi connectivity index (χ4v) is 1.27. The van der Waals surface area contributed by atoms with E-state index in [0.717, 1.165) is 11.5 Å². The summed E-state index contributed by atoms with van der Waals surface area (Å²) in [6, 6.07) is 5.83. The van der Waals surface area contributed by atoms with Crippen LogP contribution in [0.2, 0.25) is 0 Å². The summed E-state index contributed by atoms with van der Waals surface area (Å²) in [5, 5.41) is 12.1. The zero-order chi connectivity index (χ0) is 9.97. The minimum absolute atomic E-state index is 0.361. The predicted octanol–water partition coefficient (Wildman–Crippen LogP) is 1.13. The van der Waals surface area contributed by atoms with Crippen molar-refractivity contribution in [3.63, 3.8) is 0 Å². The molecular weight excluding hydrogens is 178 g/mol. The topological polar surface area (TPSA) is 49.6 Å². The Kier molecular flexibility index (Phi) is 2.37. The summed E-state index contributed by atoms with van der Waals surface area (Å²) < 4.78 is 1.93. The number of hydrogen-bond donors (Lipinski definition) is 2. The summed E-state index contributed by atoms with van der Waals surface area (Å²) in [5.41, 5.74) is 0.903. The van der Waals surface area contributed by atoms with Crippen LogP contribution in [0.4, 0.5) is 5.82 Å². The normalized spacial score (nSPS) is 13.0. The second-order valence-electron chi connectivity index (χ2n) is 3.32. The molecule has 0 aliphatic carbocycles. The number of fused-ring (bicyclic) bond motifs is 1. The molecule has 0 amide bonds. The van der Waals surface area contributed by atoms with Crippen LogP contribution >= 0.6 is 0 Å². The van der Waals surface area contributed by atoms with Crippen LogP contribution in [0.5, 0.6) is 0 Å². The lowest BCUT2D eigenvalue weighted by atomic mass is 10.4. The van der Waals surface area contributed by atoms with Crippen molar-refractivity contribution in [3.05, 3.63) is 30.6 Å². The van der Waals surface area contributed by atoms with Gasteiger partial charge in [0, 0.05) is 12.7 Å². The van der Waals surface area contributed by atoms with E-state index < -0.39 is 0 Å². The number of nitrogens with zero attached hydrogens (tertiary/aromatic N) is 2. The Labute approximate surface area is 82.2 Å². The van der Waals surface area contributed by atoms with E-state index in [9.17, 15) is 0 Å². The summed E-state index contributed by atoms with van der Waals surface area (Å²) in [7, 11) is 0. The molecule has 0 aliphatic rings. The van der Waals surface area contributed by atoms with Crippen LogP contribution in [0, 0.1) is 0 Å². The highest BCUT2D eigenvalue weighted by Gasteiger charge is 2.00. The molecule has 0 saturated heterocycles. The lowest BCUT2D eigenvalue weighted by molar-refractivity contribution is 0.208. The van der Waals surface area contributed by atoms with Gasteiger partial charge in [-0.15, -0.1) is 0 Å². The Bertz CT molecular complexity index is 389. The molecule has 2 aromatic heterocycles. The van der Waals surface area contributed by atoms with E-state index in [0.29, 0.717) is 6.54 Å². The number of imidazole rings is 1. The van der Waals surface area contributed by atoms with Crippen molar-refractivity contribution in [2.24, 2.45) is 0 Å². The van der Waals surface area contributed by atoms with Gasteiger partial charge in [0.05, 0.1) is 12.3 Å². The molecule has 0 saturated carbocycles. The summed E-state index contributed by atoms with van der Waals surface area (Å²) in [5.74, 6) is 0.789. The molecule has 0 fully saturated rings. The summed E-state index contributed by atoms with van der Waals surface area (Å²) in [6.07, 6.45) is 3.48. The van der Waals surface area contributed by atoms with Gasteiger partial charge in [-0.2, -0.15) is 0 Å². The predicted molar refractivity (Wildman–Crippen MR) is 55.4 cm³/mol. The number of aromatic nitrogens is 2. The molecule has 1 atom stereocenters. The molecule has 0 bridgehead atoms. The van der Waals surface area contributed by atoms with Crippen molar-refractivity contribution in [2.75, 3.05) is 11.9 Å². The smallest absolute Gasteiger partial charge is 0.145 e. The molecule has 1 unspecified atom stereocenters. The third-order valence-electron chi connectivity index (χ3n) is 1.94. The first-order valence-electron chi connectivity index (χ1n) is 4.61. The number of nitrogens with one attached hydrogen (secondary N) is 1. The Morgan fingerprint density at radius 3 is 3.14 bits per heavy atom. The minimum atomic E-state index is -0.361. The lowest BCUT2D eigenvalue weighted by Gasteiger charge is -2.03. The number of aliphatic hydroxyl groups is 1. The van der Waals surface area contributed by atoms with E-state index in [-0.39, 0.29) is 6.10 Å². The molecule has 0 aliphatic heterocycles. The van der Waals surface area contributed by atoms with E-state index >= 15 is 0 Å². The van der Waals surface area contributed by atoms with Crippen LogP contribution in [0.1, 0.15) is 6.92 Å². The van der Waals surface area contributed by atoms with Crippen molar-refractivity contribution in [1.29, 1.82) is 0 Å². The molecule has 0 radical (unpaired) electrons. The van der Waals surface area contributed by atoms with Crippen LogP contribution < -0.4 is 5.32 Å². The fourth-order valence-electron chi connectivity index (χ4n) is 1.27. The highest BCUT2D eigenvalue weighted by atomic mass is 16.3. The van der Waals surface area contributed by atoms with Crippen LogP contribution in [0.15, 0.2) is 30.6 Å². The Morgan fingerprint density at radius 2 is 2.43 bits per heavy atom. The van der Waals surface area contributed by atoms with Gasteiger partial charge in [-0.1, -0.05) is 6.07 Å². The highest BCUT2D eigenvalue weighted by Crippen LogP contribution is 2.08. The summed E-state index contributed by atoms with van der Waals surface area (Å²) in [6.45, 7) is 2.26. The Hall–Kier alpha value is -1.55. The molecule has 4 nitrogen and oxygen atoms in total. The molecule has 2 heterocycles. The van der Waals surface area contributed by atoms with Crippen LogP contribution in [0.25, 0.3) is 5.65 Å². The maximum Gasteiger partial charge on any atom is 0.145 e. The monoisotopic (exact) mass is 191 g/mol. The largest absolute Gasteiger partial charge is 0.392 e. The van der Waals surface area contributed by atoms with E-state index in [1.165, 1.54) is 0 Å². The van der Waals surface area contributed by atoms with Crippen LogP contribution in [-0.4, -0.2) is 27.1 Å². The number of pyridine rings is 1. The van der Waals surface area contributed by atoms with E-state index in [2.05, 4.69) is 10.3 Å². The van der Waals surface area contributed by atoms with Gasteiger partial charge in [0.15, 0.2) is 0 Å². The second kappa shape index (κ2) is 3.67. The quantitative estimate of drug-likeness (QED) is 0.764. The molecule has 0 aromatic carbocycles. The van der Waals surface area contributed by atoms with Gasteiger partial charge in [-0.3, -0.25) is 0 Å². The van der Waals surface area contributed by atoms with Gasteiger partial charge < -0.3 is 14.8 Å². The van der Waals surface area contributed by atoms with Crippen molar-refractivity contribution in [2.45, 2.75) is 13.0 Å². The van der Waals surface area contributed by atoms with Gasteiger partial charge in [0.1, 0.15) is 11.5 Å². The molecule has 2 aromatic rings. The highest BCUT2D eigenvalue weighted by molar-refractivity contribution is 5.48. The second-order valence-corrected chi connectivity index (χ2v) is 3.32. The van der Waals surface area contributed by atoms with Gasteiger partial charge in [-0.25, -0.2) is 4.98 Å². The first-order chi connectivity index (χ1) is 6.75. The van der Waals surface area contributed by atoms with Gasteiger partial charge in [0.2, 0.25) is 0 Å². The summed E-state index contributed by atoms with van der Waals surface area (Å²) in [4.78, 5) is 4.33. The molecule has 2 N–H and O–H groups in total. The molecule has 2 rings (SSSR count). The fraction of sp³-hybridized carbons (Fsp3) is 0.300. The van der Waals surface area contributed by atoms with Crippen molar-refractivity contribution < 1.29 is 5.11 Å². The zero-order valence-corrected chi connectivity index (χ0v) is 8.01. The minimum Gasteiger partial charge on any atom is -0.392 e. The Balaban J connectivity index is 2.19. The van der Waals surface area contributed by atoms with Gasteiger partial charge in [0.25, 0.3) is 0 Å². The molecular formula is C10H13N3O. The van der Waals surface area contributed by atoms with Crippen molar-refractivity contribution in [3.8, 4) is 0 Å². The Morgan fingerprint density at radius 1 is 1.57 bits per heavy atom. The standard InChI is InChI=1S/C10H13N3O/c1-8(14)6-11-9-7-13-5-3-2-4-10(13)12-9/h2-5,7-8,11,14H,6H2,1H3. The van der Waals surface area contributed by atoms with Gasteiger partial charge in [-0.05, 0) is 19.1 Å². The van der Waals surface area contributed by atoms with Crippen molar-refractivity contribution >= 4 is 11.5 Å². The first-order valence-corrected chi connectivity index (χ1v) is 4.61. The van der Waals surface area contributed by atoms with Crippen LogP contribution in [0.3, 0.4) is 0 Å². The van der Waals surface area contributed by atoms with E-state index in [1.54, 1.807) is 6.92 Å². The number of rotatable bonds is 3. The van der Waals surface area contributed by atoms with Crippen molar-refractivity contribution in [1.82, 2.24) is 9.38 Å². The number of anilines is 1. The maximum atomic E-state index is 9.09. The molecule has 0 spiro atoms. The lowest BCUT2D eigenvalue weighted by Crippen LogP contribution is -2.15. The maximum absolute atomic E-state index is 9.09. The van der Waals surface area contributed by atoms with E-state index in [1.807, 2.05) is 35.0 Å². The zero-order valence-electron chi connectivity index (χ0n) is 8.01. The molecule has 4 heteroatoms.